The Kier molecular flexibility index (Phi) is 16.9. The summed E-state index contributed by atoms with van der Waals surface area (Å²) in [5.41, 5.74) is -0.490. The van der Waals surface area contributed by atoms with Crippen molar-refractivity contribution in [3.05, 3.63) is 0 Å². The maximum atomic E-state index is 12.4. The normalized spacial score (nSPS) is 19.6. The Bertz CT molecular complexity index is 689. The van der Waals surface area contributed by atoms with E-state index in [9.17, 15) is 19.2 Å². The lowest BCUT2D eigenvalue weighted by molar-refractivity contribution is -0.143. The van der Waals surface area contributed by atoms with Crippen LogP contribution in [-0.4, -0.2) is 85.9 Å². The van der Waals surface area contributed by atoms with Crippen molar-refractivity contribution in [2.45, 2.75) is 88.9 Å². The topological polar surface area (TPSA) is 124 Å². The fourth-order valence-electron chi connectivity index (χ4n) is 4.43. The number of hydrogen-bond acceptors (Lipinski definition) is 12. The number of hydrogen-bond donors (Lipinski definition) is 0. The molecule has 2 heterocycles. The van der Waals surface area contributed by atoms with Crippen molar-refractivity contribution in [3.63, 3.8) is 0 Å². The van der Waals surface area contributed by atoms with Gasteiger partial charge in [-0.1, -0.05) is 0 Å². The summed E-state index contributed by atoms with van der Waals surface area (Å²) in [6.45, 7) is 4.72. The van der Waals surface area contributed by atoms with E-state index in [1.54, 1.807) is 0 Å². The molecule has 2 saturated heterocycles. The first kappa shape index (κ1) is 33.7. The smallest absolute Gasteiger partial charge is 0.315 e. The van der Waals surface area contributed by atoms with E-state index in [-0.39, 0.29) is 60.7 Å². The van der Waals surface area contributed by atoms with E-state index >= 15 is 0 Å². The van der Waals surface area contributed by atoms with Crippen molar-refractivity contribution in [2.24, 2.45) is 5.41 Å². The van der Waals surface area contributed by atoms with Crippen molar-refractivity contribution in [3.8, 4) is 0 Å². The highest BCUT2D eigenvalue weighted by Crippen LogP contribution is 2.36. The first-order valence-corrected chi connectivity index (χ1v) is 15.9. The maximum Gasteiger partial charge on any atom is 0.315 e. The second-order valence-corrected chi connectivity index (χ2v) is 12.1. The molecule has 0 radical (unpaired) electrons. The average Bonchev–Trinajstić information content (AvgIpc) is 2.91. The predicted octanol–water partition coefficient (Wildman–Crippen LogP) is 4.27. The van der Waals surface area contributed by atoms with Gasteiger partial charge in [-0.05, 0) is 69.6 Å². The van der Waals surface area contributed by atoms with Crippen molar-refractivity contribution >= 4 is 47.4 Å². The molecule has 2 fully saturated rings. The molecule has 0 bridgehead atoms. The minimum atomic E-state index is -0.537. The van der Waals surface area contributed by atoms with Crippen LogP contribution in [0.4, 0.5) is 0 Å². The molecule has 0 spiro atoms. The lowest BCUT2D eigenvalue weighted by Crippen LogP contribution is -2.30. The summed E-state index contributed by atoms with van der Waals surface area (Å²) >= 11 is 2.90. The lowest BCUT2D eigenvalue weighted by atomic mass is 9.76. The summed E-state index contributed by atoms with van der Waals surface area (Å²) in [6, 6.07) is 0. The summed E-state index contributed by atoms with van der Waals surface area (Å²) in [5.74, 6) is -1.03. The zero-order valence-electron chi connectivity index (χ0n) is 23.3. The van der Waals surface area contributed by atoms with Crippen molar-refractivity contribution < 1.29 is 47.6 Å². The quantitative estimate of drug-likeness (QED) is 0.167. The highest BCUT2D eigenvalue weighted by atomic mass is 32.2. The van der Waals surface area contributed by atoms with Crippen LogP contribution in [0.5, 0.6) is 0 Å². The summed E-state index contributed by atoms with van der Waals surface area (Å²) in [6.07, 6.45) is 7.91. The minimum Gasteiger partial charge on any atom is -0.466 e. The summed E-state index contributed by atoms with van der Waals surface area (Å²) in [4.78, 5) is 47.5. The van der Waals surface area contributed by atoms with Crippen molar-refractivity contribution in [2.75, 3.05) is 51.1 Å². The predicted molar refractivity (Wildman–Crippen MR) is 148 cm³/mol. The zero-order chi connectivity index (χ0) is 28.3. The molecule has 0 aromatic carbocycles. The van der Waals surface area contributed by atoms with Gasteiger partial charge < -0.3 is 28.4 Å². The lowest BCUT2D eigenvalue weighted by Gasteiger charge is -2.33. The molecule has 224 valence electrons. The molecule has 0 aliphatic carbocycles. The molecular weight excluding hydrogens is 548 g/mol. The van der Waals surface area contributed by atoms with E-state index in [4.69, 9.17) is 28.4 Å². The molecule has 2 rings (SSSR count). The van der Waals surface area contributed by atoms with Gasteiger partial charge in [-0.3, -0.25) is 19.2 Å². The fourth-order valence-corrected chi connectivity index (χ4v) is 6.29. The van der Waals surface area contributed by atoms with Crippen LogP contribution in [0.25, 0.3) is 0 Å². The van der Waals surface area contributed by atoms with Crippen LogP contribution < -0.4 is 0 Å². The Morgan fingerprint density at radius 2 is 1.03 bits per heavy atom. The Labute approximate surface area is 240 Å². The molecule has 0 aromatic rings. The highest BCUT2D eigenvalue weighted by molar-refractivity contribution is 8.00. The van der Waals surface area contributed by atoms with Crippen LogP contribution in [0.15, 0.2) is 0 Å². The molecule has 2 atom stereocenters. The third-order valence-electron chi connectivity index (χ3n) is 6.72. The van der Waals surface area contributed by atoms with E-state index < -0.39 is 17.4 Å². The van der Waals surface area contributed by atoms with Crippen LogP contribution in [-0.2, 0) is 47.6 Å². The second-order valence-electron chi connectivity index (χ2n) is 9.84. The van der Waals surface area contributed by atoms with E-state index in [0.29, 0.717) is 25.7 Å². The number of carbonyl (C=O) groups excluding carboxylic acids is 4. The first-order chi connectivity index (χ1) is 18.8. The van der Waals surface area contributed by atoms with Crippen LogP contribution in [0.1, 0.15) is 78.1 Å². The number of rotatable bonds is 18. The number of carbonyl (C=O) groups is 4. The summed E-state index contributed by atoms with van der Waals surface area (Å²) in [7, 11) is 0. The van der Waals surface area contributed by atoms with Crippen LogP contribution in [0.3, 0.4) is 0 Å². The standard InChI is InChI=1S/C27H44O10S2/c1-21(28)32-15-9-27(10-16-33-22(2)29,11-17-34-23(30)19-38-25-7-3-5-13-36-25)12-18-35-24(31)20-39-26-8-4-6-14-37-26/h25-26H,3-20H2,1-2H3. The van der Waals surface area contributed by atoms with Gasteiger partial charge in [0, 0.05) is 27.1 Å². The van der Waals surface area contributed by atoms with Crippen molar-refractivity contribution in [1.29, 1.82) is 0 Å². The van der Waals surface area contributed by atoms with Gasteiger partial charge in [0.25, 0.3) is 0 Å². The fraction of sp³-hybridized carbons (Fsp3) is 0.852. The molecular formula is C27H44O10S2. The molecule has 2 unspecified atom stereocenters. The van der Waals surface area contributed by atoms with Crippen LogP contribution >= 0.6 is 23.5 Å². The molecule has 2 aliphatic rings. The van der Waals surface area contributed by atoms with Gasteiger partial charge in [-0.15, -0.1) is 23.5 Å². The van der Waals surface area contributed by atoms with E-state index in [1.807, 2.05) is 0 Å². The van der Waals surface area contributed by atoms with E-state index in [0.717, 1.165) is 51.7 Å². The van der Waals surface area contributed by atoms with Crippen molar-refractivity contribution in [1.82, 2.24) is 0 Å². The van der Waals surface area contributed by atoms with Gasteiger partial charge in [0.05, 0.1) is 37.9 Å². The molecule has 12 heteroatoms. The summed E-state index contributed by atoms with van der Waals surface area (Å²) in [5, 5.41) is 0. The summed E-state index contributed by atoms with van der Waals surface area (Å²) < 4.78 is 32.7. The Morgan fingerprint density at radius 1 is 0.641 bits per heavy atom. The van der Waals surface area contributed by atoms with E-state index in [2.05, 4.69) is 0 Å². The molecule has 2 aliphatic heterocycles. The molecule has 0 amide bonds. The third kappa shape index (κ3) is 15.8. The van der Waals surface area contributed by atoms with Gasteiger partial charge in [-0.2, -0.15) is 0 Å². The second kappa shape index (κ2) is 19.6. The SMILES string of the molecule is CC(=O)OCCC(CCOC(C)=O)(CCOC(=O)CSC1CCCCO1)CCOC(=O)CSC1CCCCO1. The Hall–Kier alpha value is -1.50. The molecule has 0 saturated carbocycles. The zero-order valence-corrected chi connectivity index (χ0v) is 24.9. The van der Waals surface area contributed by atoms with Crippen LogP contribution in [0, 0.1) is 5.41 Å². The van der Waals surface area contributed by atoms with Gasteiger partial charge in [0.2, 0.25) is 0 Å². The number of ether oxygens (including phenoxy) is 6. The molecule has 0 aromatic heterocycles. The van der Waals surface area contributed by atoms with Gasteiger partial charge >= 0.3 is 23.9 Å². The number of esters is 4. The van der Waals surface area contributed by atoms with Gasteiger partial charge in [0.1, 0.15) is 10.9 Å². The maximum absolute atomic E-state index is 12.4. The molecule has 39 heavy (non-hydrogen) atoms. The van der Waals surface area contributed by atoms with Gasteiger partial charge in [0.15, 0.2) is 0 Å². The van der Waals surface area contributed by atoms with Gasteiger partial charge in [-0.25, -0.2) is 0 Å². The Balaban J connectivity index is 1.88. The minimum absolute atomic E-state index is 0.0235. The first-order valence-electron chi connectivity index (χ1n) is 13.8. The third-order valence-corrected chi connectivity index (χ3v) is 9.01. The van der Waals surface area contributed by atoms with Crippen LogP contribution in [0.2, 0.25) is 0 Å². The monoisotopic (exact) mass is 592 g/mol. The number of thioether (sulfide) groups is 2. The largest absolute Gasteiger partial charge is 0.466 e. The highest BCUT2D eigenvalue weighted by Gasteiger charge is 2.32. The molecule has 10 nitrogen and oxygen atoms in total. The average molecular weight is 593 g/mol. The molecule has 0 N–H and O–H groups in total. The van der Waals surface area contributed by atoms with E-state index in [1.165, 1.54) is 37.4 Å². The Morgan fingerprint density at radius 3 is 1.36 bits per heavy atom.